The maximum Gasteiger partial charge on any atom is 0.413 e. The molecule has 32 heavy (non-hydrogen) atoms. The molecular formula is C24H22F2N4O2. The number of carbonyl (C=O) groups excluding carboxylic acids is 1. The zero-order valence-corrected chi connectivity index (χ0v) is 17.4. The Bertz CT molecular complexity index is 1180. The molecule has 1 unspecified atom stereocenters. The van der Waals surface area contributed by atoms with Gasteiger partial charge in [0.15, 0.2) is 0 Å². The van der Waals surface area contributed by atoms with Crippen LogP contribution in [0.4, 0.5) is 19.4 Å². The van der Waals surface area contributed by atoms with E-state index < -0.39 is 24.0 Å². The number of pyridine rings is 1. The highest BCUT2D eigenvalue weighted by Gasteiger charge is 2.78. The van der Waals surface area contributed by atoms with E-state index in [1.54, 1.807) is 6.07 Å². The van der Waals surface area contributed by atoms with Crippen molar-refractivity contribution in [3.05, 3.63) is 58.8 Å². The highest BCUT2D eigenvalue weighted by atomic mass is 19.3. The fourth-order valence-corrected chi connectivity index (χ4v) is 5.28. The number of rotatable bonds is 2. The minimum Gasteiger partial charge on any atom is -0.431 e. The van der Waals surface area contributed by atoms with Crippen molar-refractivity contribution in [2.45, 2.75) is 49.7 Å². The molecule has 6 rings (SSSR count). The molecule has 2 aromatic rings. The number of aliphatic imine (C=N–C) groups is 2. The number of nitrogens with zero attached hydrogens (tertiary/aromatic N) is 3. The van der Waals surface area contributed by atoms with Gasteiger partial charge in [0.1, 0.15) is 5.82 Å². The summed E-state index contributed by atoms with van der Waals surface area (Å²) in [6, 6.07) is 9.77. The van der Waals surface area contributed by atoms with E-state index in [0.717, 1.165) is 43.4 Å². The summed E-state index contributed by atoms with van der Waals surface area (Å²) >= 11 is 0. The van der Waals surface area contributed by atoms with Crippen LogP contribution in [-0.2, 0) is 16.8 Å². The third-order valence-corrected chi connectivity index (χ3v) is 7.02. The summed E-state index contributed by atoms with van der Waals surface area (Å²) < 4.78 is 34.5. The van der Waals surface area contributed by atoms with Crippen LogP contribution in [0.25, 0.3) is 0 Å². The average Bonchev–Trinajstić information content (AvgIpc) is 3.40. The smallest absolute Gasteiger partial charge is 0.413 e. The molecule has 0 saturated heterocycles. The molecule has 1 fully saturated rings. The monoisotopic (exact) mass is 436 g/mol. The van der Waals surface area contributed by atoms with Crippen LogP contribution in [0.5, 0.6) is 0 Å². The zero-order valence-electron chi connectivity index (χ0n) is 17.4. The van der Waals surface area contributed by atoms with Crippen LogP contribution in [-0.4, -0.2) is 41.5 Å². The highest BCUT2D eigenvalue weighted by Crippen LogP contribution is 2.65. The van der Waals surface area contributed by atoms with Crippen LogP contribution in [0.2, 0.25) is 0 Å². The number of hydrogen-bond donors (Lipinski definition) is 1. The van der Waals surface area contributed by atoms with Crippen molar-refractivity contribution in [3.8, 4) is 0 Å². The molecule has 4 heterocycles. The maximum atomic E-state index is 14.6. The number of fused-ring (bicyclic) bond motifs is 3. The highest BCUT2D eigenvalue weighted by molar-refractivity contribution is 6.16. The molecule has 1 amide bonds. The van der Waals surface area contributed by atoms with Crippen molar-refractivity contribution in [2.24, 2.45) is 15.9 Å². The van der Waals surface area contributed by atoms with Crippen molar-refractivity contribution in [2.75, 3.05) is 11.9 Å². The molecule has 3 aliphatic heterocycles. The van der Waals surface area contributed by atoms with Gasteiger partial charge in [0.2, 0.25) is 5.60 Å². The summed E-state index contributed by atoms with van der Waals surface area (Å²) in [6.45, 7) is 0.791. The molecule has 1 spiro atoms. The Morgan fingerprint density at radius 2 is 1.97 bits per heavy atom. The van der Waals surface area contributed by atoms with Crippen LogP contribution >= 0.6 is 0 Å². The molecule has 0 radical (unpaired) electrons. The van der Waals surface area contributed by atoms with Gasteiger partial charge in [-0.15, -0.1) is 0 Å². The molecule has 1 aliphatic carbocycles. The SMILES string of the molecule is O=C1Nc2nccc(C3=N[C@@H]([C@H]4CC=NCC4)CCc4ccccc43)c2C2(CC2(F)F)O1. The summed E-state index contributed by atoms with van der Waals surface area (Å²) in [7, 11) is 0. The maximum absolute atomic E-state index is 14.6. The molecule has 0 bridgehead atoms. The Balaban J connectivity index is 1.55. The number of halogens is 2. The molecular weight excluding hydrogens is 414 g/mol. The molecule has 1 saturated carbocycles. The van der Waals surface area contributed by atoms with E-state index in [4.69, 9.17) is 9.73 Å². The first-order valence-electron chi connectivity index (χ1n) is 11.0. The average molecular weight is 436 g/mol. The van der Waals surface area contributed by atoms with Gasteiger partial charge in [-0.05, 0) is 49.4 Å². The van der Waals surface area contributed by atoms with Crippen LogP contribution in [0.15, 0.2) is 46.5 Å². The molecule has 1 N–H and O–H groups in total. The van der Waals surface area contributed by atoms with E-state index in [1.165, 1.54) is 6.20 Å². The van der Waals surface area contributed by atoms with Gasteiger partial charge in [-0.3, -0.25) is 15.3 Å². The Labute approximate surface area is 183 Å². The van der Waals surface area contributed by atoms with Crippen molar-refractivity contribution >= 4 is 23.8 Å². The Kier molecular flexibility index (Phi) is 4.22. The number of benzene rings is 1. The topological polar surface area (TPSA) is 75.9 Å². The van der Waals surface area contributed by atoms with Gasteiger partial charge in [0.05, 0.1) is 23.7 Å². The normalized spacial score (nSPS) is 29.8. The van der Waals surface area contributed by atoms with E-state index in [-0.39, 0.29) is 17.4 Å². The lowest BCUT2D eigenvalue weighted by molar-refractivity contribution is -0.0183. The zero-order chi connectivity index (χ0) is 21.9. The van der Waals surface area contributed by atoms with Gasteiger partial charge >= 0.3 is 6.09 Å². The van der Waals surface area contributed by atoms with E-state index >= 15 is 0 Å². The second-order valence-corrected chi connectivity index (χ2v) is 8.92. The first-order valence-corrected chi connectivity index (χ1v) is 11.0. The number of hydrogen-bond acceptors (Lipinski definition) is 5. The van der Waals surface area contributed by atoms with Crippen LogP contribution in [0.3, 0.4) is 0 Å². The number of aryl methyl sites for hydroxylation is 1. The van der Waals surface area contributed by atoms with Crippen LogP contribution in [0.1, 0.15) is 47.9 Å². The first kappa shape index (κ1) is 19.5. The first-order chi connectivity index (χ1) is 15.5. The summed E-state index contributed by atoms with van der Waals surface area (Å²) in [5, 5.41) is 2.51. The largest absolute Gasteiger partial charge is 0.431 e. The lowest BCUT2D eigenvalue weighted by Gasteiger charge is -2.29. The van der Waals surface area contributed by atoms with Crippen molar-refractivity contribution < 1.29 is 18.3 Å². The molecule has 3 atom stereocenters. The predicted molar refractivity (Wildman–Crippen MR) is 116 cm³/mol. The number of alkyl halides is 2. The molecule has 1 aromatic carbocycles. The summed E-state index contributed by atoms with van der Waals surface area (Å²) in [5.41, 5.74) is 1.54. The van der Waals surface area contributed by atoms with Gasteiger partial charge in [-0.2, -0.15) is 0 Å². The van der Waals surface area contributed by atoms with E-state index in [1.807, 2.05) is 24.4 Å². The van der Waals surface area contributed by atoms with Crippen molar-refractivity contribution in [1.29, 1.82) is 0 Å². The van der Waals surface area contributed by atoms with Crippen molar-refractivity contribution in [3.63, 3.8) is 0 Å². The van der Waals surface area contributed by atoms with Gasteiger partial charge in [-0.1, -0.05) is 24.3 Å². The minimum atomic E-state index is -3.14. The number of anilines is 1. The van der Waals surface area contributed by atoms with Crippen molar-refractivity contribution in [1.82, 2.24) is 4.98 Å². The molecule has 164 valence electrons. The molecule has 4 aliphatic rings. The number of ether oxygens (including phenoxy) is 1. The van der Waals surface area contributed by atoms with Crippen LogP contribution in [0, 0.1) is 5.92 Å². The Morgan fingerprint density at radius 1 is 1.12 bits per heavy atom. The Hall–Kier alpha value is -3.16. The molecule has 8 heteroatoms. The summed E-state index contributed by atoms with van der Waals surface area (Å²) in [4.78, 5) is 25.8. The third-order valence-electron chi connectivity index (χ3n) is 7.02. The summed E-state index contributed by atoms with van der Waals surface area (Å²) in [5.74, 6) is -2.65. The lowest BCUT2D eigenvalue weighted by atomic mass is 9.88. The number of aromatic nitrogens is 1. The van der Waals surface area contributed by atoms with Gasteiger partial charge in [-0.25, -0.2) is 18.6 Å². The second kappa shape index (κ2) is 6.92. The predicted octanol–water partition coefficient (Wildman–Crippen LogP) is 4.51. The van der Waals surface area contributed by atoms with Crippen LogP contribution < -0.4 is 5.32 Å². The quantitative estimate of drug-likeness (QED) is 0.753. The number of carbonyl (C=O) groups is 1. The minimum absolute atomic E-state index is 0.0581. The fraction of sp³-hybridized carbons (Fsp3) is 0.417. The number of nitrogens with one attached hydrogen (secondary N) is 1. The number of amides is 1. The summed E-state index contributed by atoms with van der Waals surface area (Å²) in [6.07, 6.45) is 5.64. The van der Waals surface area contributed by atoms with Gasteiger partial charge in [0.25, 0.3) is 5.92 Å². The third kappa shape index (κ3) is 2.88. The lowest BCUT2D eigenvalue weighted by Crippen LogP contribution is -2.36. The van der Waals surface area contributed by atoms with Gasteiger partial charge in [0, 0.05) is 23.9 Å². The van der Waals surface area contributed by atoms with E-state index in [9.17, 15) is 13.6 Å². The molecule has 1 aromatic heterocycles. The standard InChI is InChI=1S/C24H22F2N4O2/c25-24(26)13-23(24)19-17(9-12-28-21(19)30-22(31)32-23)20-16-4-2-1-3-14(16)5-6-18(29-20)15-7-10-27-11-8-15/h1-4,9-10,12,15,18H,5-8,11,13H2,(H,28,30,31)/t15-,18+,23?/m0/s1. The second-order valence-electron chi connectivity index (χ2n) is 8.92. The van der Waals surface area contributed by atoms with Gasteiger partial charge < -0.3 is 4.74 Å². The Morgan fingerprint density at radius 3 is 2.75 bits per heavy atom. The van der Waals surface area contributed by atoms with E-state index in [0.29, 0.717) is 17.2 Å². The molecule has 6 nitrogen and oxygen atoms in total. The van der Waals surface area contributed by atoms with E-state index in [2.05, 4.69) is 21.4 Å². The fourth-order valence-electron chi connectivity index (χ4n) is 5.28.